The summed E-state index contributed by atoms with van der Waals surface area (Å²) >= 11 is 6.10. The van der Waals surface area contributed by atoms with Crippen LogP contribution in [0.5, 0.6) is 0 Å². The van der Waals surface area contributed by atoms with E-state index in [2.05, 4.69) is 16.3 Å². The summed E-state index contributed by atoms with van der Waals surface area (Å²) in [6, 6.07) is 9.89. The topological polar surface area (TPSA) is 60.9 Å². The van der Waals surface area contributed by atoms with Crippen molar-refractivity contribution in [2.75, 3.05) is 7.05 Å². The zero-order valence-corrected chi connectivity index (χ0v) is 13.9. The van der Waals surface area contributed by atoms with Gasteiger partial charge in [0.2, 0.25) is 0 Å². The highest BCUT2D eigenvalue weighted by atomic mass is 35.5. The maximum atomic E-state index is 9.25. The lowest BCUT2D eigenvalue weighted by Crippen LogP contribution is -1.98. The first-order valence-electron chi connectivity index (χ1n) is 7.61. The molecule has 5 heteroatoms. The van der Waals surface area contributed by atoms with Gasteiger partial charge in [-0.3, -0.25) is 4.99 Å². The third-order valence-electron chi connectivity index (χ3n) is 4.08. The van der Waals surface area contributed by atoms with Gasteiger partial charge in [-0.1, -0.05) is 23.7 Å². The van der Waals surface area contributed by atoms with Crippen molar-refractivity contribution in [2.45, 2.75) is 26.2 Å². The molecule has 23 heavy (non-hydrogen) atoms. The van der Waals surface area contributed by atoms with E-state index in [4.69, 9.17) is 16.6 Å². The number of hydrogen-bond donors (Lipinski definition) is 0. The van der Waals surface area contributed by atoms with Gasteiger partial charge in [0.1, 0.15) is 5.70 Å². The summed E-state index contributed by atoms with van der Waals surface area (Å²) < 4.78 is 0. The van der Waals surface area contributed by atoms with E-state index in [-0.39, 0.29) is 0 Å². The third-order valence-corrected chi connectivity index (χ3v) is 4.32. The monoisotopic (exact) mass is 324 g/mol. The van der Waals surface area contributed by atoms with Crippen molar-refractivity contribution in [3.63, 3.8) is 0 Å². The quantitative estimate of drug-likeness (QED) is 0.563. The van der Waals surface area contributed by atoms with Crippen molar-refractivity contribution in [1.82, 2.24) is 0 Å². The van der Waals surface area contributed by atoms with Crippen LogP contribution in [0.4, 0.5) is 0 Å². The molecule has 1 heterocycles. The average Bonchev–Trinajstić information content (AvgIpc) is 3.31. The van der Waals surface area contributed by atoms with Gasteiger partial charge in [-0.25, -0.2) is 0 Å². The molecule has 1 aliphatic carbocycles. The summed E-state index contributed by atoms with van der Waals surface area (Å²) in [7, 11) is 1.61. The summed E-state index contributed by atoms with van der Waals surface area (Å²) in [5.41, 5.74) is 5.24. The second-order valence-corrected chi connectivity index (χ2v) is 6.22. The maximum absolute atomic E-state index is 9.25. The van der Waals surface area contributed by atoms with Crippen molar-refractivity contribution < 1.29 is 0 Å². The highest BCUT2D eigenvalue weighted by Gasteiger charge is 2.34. The van der Waals surface area contributed by atoms with Crippen LogP contribution >= 0.6 is 11.6 Å². The number of hydrogen-bond acceptors (Lipinski definition) is 4. The molecule has 0 unspecified atom stereocenters. The molecule has 0 spiro atoms. The Labute approximate surface area is 140 Å². The van der Waals surface area contributed by atoms with Crippen LogP contribution in [0.3, 0.4) is 0 Å². The molecule has 1 aliphatic heterocycles. The smallest absolute Gasteiger partial charge is 0.124 e. The molecular formula is C18H17ClN4. The number of halogens is 1. The van der Waals surface area contributed by atoms with Crippen LogP contribution in [-0.2, 0) is 0 Å². The van der Waals surface area contributed by atoms with E-state index in [0.29, 0.717) is 22.2 Å². The number of allylic oxidation sites excluding steroid dienone is 2. The standard InChI is InChI=1S/C18H17ClN4/c1-11(10-20)17(23-21-2)18-15(12-6-7-12)9-16(22-18)13-4-3-5-14(19)8-13/h3-5,8,12H,6-7,9H2,1-2H3/b17-11+,23-21?. The van der Waals surface area contributed by atoms with Crippen LogP contribution in [0.1, 0.15) is 31.7 Å². The summed E-state index contributed by atoms with van der Waals surface area (Å²) in [5, 5.41) is 18.0. The van der Waals surface area contributed by atoms with Gasteiger partial charge in [-0.15, -0.1) is 0 Å². The first kappa shape index (κ1) is 15.6. The second kappa shape index (κ2) is 6.47. The Morgan fingerprint density at radius 3 is 2.78 bits per heavy atom. The number of nitrogens with zero attached hydrogens (tertiary/aromatic N) is 4. The minimum atomic E-state index is 0.542. The van der Waals surface area contributed by atoms with Crippen molar-refractivity contribution >= 4 is 17.3 Å². The molecule has 1 saturated carbocycles. The minimum absolute atomic E-state index is 0.542. The van der Waals surface area contributed by atoms with E-state index in [1.807, 2.05) is 24.3 Å². The van der Waals surface area contributed by atoms with Crippen LogP contribution in [0.25, 0.3) is 0 Å². The van der Waals surface area contributed by atoms with Gasteiger partial charge in [0.15, 0.2) is 0 Å². The molecule has 4 nitrogen and oxygen atoms in total. The van der Waals surface area contributed by atoms with Crippen molar-refractivity contribution in [3.05, 3.63) is 57.4 Å². The molecule has 0 radical (unpaired) electrons. The second-order valence-electron chi connectivity index (χ2n) is 5.78. The highest BCUT2D eigenvalue weighted by Crippen LogP contribution is 2.45. The Morgan fingerprint density at radius 2 is 2.17 bits per heavy atom. The van der Waals surface area contributed by atoms with Gasteiger partial charge in [0.05, 0.1) is 23.1 Å². The molecule has 116 valence electrons. The Kier molecular flexibility index (Phi) is 4.40. The first-order valence-corrected chi connectivity index (χ1v) is 7.99. The van der Waals surface area contributed by atoms with Crippen LogP contribution < -0.4 is 0 Å². The predicted molar refractivity (Wildman–Crippen MR) is 91.4 cm³/mol. The Bertz CT molecular complexity index is 805. The summed E-state index contributed by atoms with van der Waals surface area (Å²) in [6.07, 6.45) is 3.15. The molecule has 0 amide bonds. The van der Waals surface area contributed by atoms with E-state index in [1.165, 1.54) is 18.4 Å². The first-order chi connectivity index (χ1) is 11.1. The van der Waals surface area contributed by atoms with Crippen LogP contribution in [0, 0.1) is 17.2 Å². The van der Waals surface area contributed by atoms with Crippen LogP contribution in [0.15, 0.2) is 62.0 Å². The van der Waals surface area contributed by atoms with E-state index in [1.54, 1.807) is 14.0 Å². The maximum Gasteiger partial charge on any atom is 0.124 e. The fraction of sp³-hybridized carbons (Fsp3) is 0.333. The summed E-state index contributed by atoms with van der Waals surface area (Å²) in [5.74, 6) is 0.555. The van der Waals surface area contributed by atoms with Gasteiger partial charge in [-0.2, -0.15) is 15.5 Å². The van der Waals surface area contributed by atoms with E-state index in [9.17, 15) is 5.26 Å². The normalized spacial score (nSPS) is 19.0. The molecule has 1 aromatic carbocycles. The van der Waals surface area contributed by atoms with Gasteiger partial charge in [0.25, 0.3) is 0 Å². The van der Waals surface area contributed by atoms with Crippen molar-refractivity contribution in [1.29, 1.82) is 5.26 Å². The molecule has 1 fully saturated rings. The largest absolute Gasteiger partial charge is 0.250 e. The Balaban J connectivity index is 2.06. The lowest BCUT2D eigenvalue weighted by atomic mass is 9.99. The van der Waals surface area contributed by atoms with Crippen molar-refractivity contribution in [2.24, 2.45) is 21.1 Å². The van der Waals surface area contributed by atoms with E-state index in [0.717, 1.165) is 23.4 Å². The third kappa shape index (κ3) is 3.25. The lowest BCUT2D eigenvalue weighted by Gasteiger charge is -2.05. The lowest BCUT2D eigenvalue weighted by molar-refractivity contribution is 0.944. The fourth-order valence-electron chi connectivity index (χ4n) is 2.77. The summed E-state index contributed by atoms with van der Waals surface area (Å²) in [4.78, 5) is 4.80. The van der Waals surface area contributed by atoms with Gasteiger partial charge < -0.3 is 0 Å². The molecule has 2 aliphatic rings. The molecule has 1 aromatic rings. The number of nitriles is 1. The van der Waals surface area contributed by atoms with Crippen molar-refractivity contribution in [3.8, 4) is 6.07 Å². The highest BCUT2D eigenvalue weighted by molar-refractivity contribution is 6.31. The number of azo groups is 1. The predicted octanol–water partition coefficient (Wildman–Crippen LogP) is 5.08. The number of benzene rings is 1. The molecule has 0 bridgehead atoms. The molecule has 0 saturated heterocycles. The minimum Gasteiger partial charge on any atom is -0.250 e. The Hall–Kier alpha value is -2.25. The SMILES string of the molecule is CN=N/C(C1=C(C2CC2)CC(c2cccc(Cl)c2)=N1)=C(\C)C#N. The molecule has 3 rings (SSSR count). The average molecular weight is 325 g/mol. The number of aliphatic imine (C=N–C) groups is 1. The van der Waals surface area contributed by atoms with E-state index < -0.39 is 0 Å². The molecule has 0 aromatic heterocycles. The van der Waals surface area contributed by atoms with Gasteiger partial charge in [0, 0.05) is 18.5 Å². The zero-order valence-electron chi connectivity index (χ0n) is 13.2. The van der Waals surface area contributed by atoms with E-state index >= 15 is 0 Å². The summed E-state index contributed by atoms with van der Waals surface area (Å²) in [6.45, 7) is 1.76. The Morgan fingerprint density at radius 1 is 1.39 bits per heavy atom. The molecule has 0 N–H and O–H groups in total. The van der Waals surface area contributed by atoms with Crippen LogP contribution in [-0.4, -0.2) is 12.8 Å². The number of rotatable bonds is 4. The fourth-order valence-corrected chi connectivity index (χ4v) is 2.96. The van der Waals surface area contributed by atoms with Gasteiger partial charge >= 0.3 is 0 Å². The molecule has 0 atom stereocenters. The van der Waals surface area contributed by atoms with Gasteiger partial charge in [-0.05, 0) is 49.0 Å². The molecular weight excluding hydrogens is 308 g/mol. The zero-order chi connectivity index (χ0) is 16.4. The van der Waals surface area contributed by atoms with Crippen LogP contribution in [0.2, 0.25) is 5.02 Å².